The van der Waals surface area contributed by atoms with Crippen LogP contribution < -0.4 is 11.1 Å². The molecule has 0 radical (unpaired) electrons. The molecule has 68 valence electrons. The highest BCUT2D eigenvalue weighted by atomic mass is 16.4. The number of amides is 2. The first-order chi connectivity index (χ1) is 5.57. The second kappa shape index (κ2) is 5.25. The van der Waals surface area contributed by atoms with Crippen LogP contribution in [-0.4, -0.2) is 29.4 Å². The maximum Gasteiger partial charge on any atom is 0.320 e. The SMILES string of the molecule is NC(CCC(=O)NC=O)C(=O)O. The standard InChI is InChI=1S/C6H10N2O4/c7-4(6(11)12)1-2-5(10)8-3-9/h3-4H,1-2,7H2,(H,11,12)(H,8,9,10). The molecule has 0 aliphatic heterocycles. The summed E-state index contributed by atoms with van der Waals surface area (Å²) >= 11 is 0. The van der Waals surface area contributed by atoms with Crippen molar-refractivity contribution in [3.05, 3.63) is 0 Å². The van der Waals surface area contributed by atoms with Gasteiger partial charge in [-0.05, 0) is 6.42 Å². The van der Waals surface area contributed by atoms with Crippen molar-refractivity contribution in [1.29, 1.82) is 0 Å². The molecule has 0 aromatic heterocycles. The number of hydrogen-bond donors (Lipinski definition) is 3. The summed E-state index contributed by atoms with van der Waals surface area (Å²) in [6.45, 7) is 0. The number of carbonyl (C=O) groups excluding carboxylic acids is 2. The van der Waals surface area contributed by atoms with E-state index in [0.29, 0.717) is 0 Å². The van der Waals surface area contributed by atoms with Crippen molar-refractivity contribution >= 4 is 18.3 Å². The van der Waals surface area contributed by atoms with Crippen molar-refractivity contribution in [2.45, 2.75) is 18.9 Å². The van der Waals surface area contributed by atoms with E-state index in [0.717, 1.165) is 0 Å². The van der Waals surface area contributed by atoms with E-state index >= 15 is 0 Å². The van der Waals surface area contributed by atoms with E-state index in [-0.39, 0.29) is 19.3 Å². The second-order valence-corrected chi connectivity index (χ2v) is 2.17. The minimum absolute atomic E-state index is 0.0228. The molecule has 6 heteroatoms. The van der Waals surface area contributed by atoms with Crippen LogP contribution in [0.4, 0.5) is 0 Å². The van der Waals surface area contributed by atoms with Crippen LogP contribution in [-0.2, 0) is 14.4 Å². The van der Waals surface area contributed by atoms with Crippen molar-refractivity contribution in [2.24, 2.45) is 5.73 Å². The van der Waals surface area contributed by atoms with E-state index < -0.39 is 17.9 Å². The van der Waals surface area contributed by atoms with Crippen LogP contribution in [0.1, 0.15) is 12.8 Å². The summed E-state index contributed by atoms with van der Waals surface area (Å²) in [6, 6.07) is -1.05. The van der Waals surface area contributed by atoms with E-state index in [1.807, 2.05) is 5.32 Å². The normalized spacial score (nSPS) is 11.8. The van der Waals surface area contributed by atoms with E-state index in [2.05, 4.69) is 0 Å². The Kier molecular flexibility index (Phi) is 4.62. The summed E-state index contributed by atoms with van der Waals surface area (Å²) in [6.07, 6.45) is 0.204. The molecule has 0 aromatic carbocycles. The van der Waals surface area contributed by atoms with Crippen molar-refractivity contribution in [1.82, 2.24) is 5.32 Å². The molecule has 2 amide bonds. The molecule has 12 heavy (non-hydrogen) atoms. The fourth-order valence-electron chi connectivity index (χ4n) is 0.548. The zero-order valence-corrected chi connectivity index (χ0v) is 6.32. The summed E-state index contributed by atoms with van der Waals surface area (Å²) in [5.74, 6) is -1.68. The second-order valence-electron chi connectivity index (χ2n) is 2.17. The third kappa shape index (κ3) is 4.40. The summed E-state index contributed by atoms with van der Waals surface area (Å²) < 4.78 is 0. The van der Waals surface area contributed by atoms with Crippen LogP contribution in [0.2, 0.25) is 0 Å². The zero-order chi connectivity index (χ0) is 9.56. The molecule has 1 unspecified atom stereocenters. The van der Waals surface area contributed by atoms with E-state index in [9.17, 15) is 14.4 Å². The minimum atomic E-state index is -1.16. The molecule has 0 aromatic rings. The molecule has 0 saturated carbocycles. The first-order valence-electron chi connectivity index (χ1n) is 3.29. The first kappa shape index (κ1) is 10.6. The summed E-state index contributed by atoms with van der Waals surface area (Å²) in [7, 11) is 0. The third-order valence-corrected chi connectivity index (χ3v) is 1.22. The number of carbonyl (C=O) groups is 3. The van der Waals surface area contributed by atoms with Gasteiger partial charge in [0.1, 0.15) is 6.04 Å². The van der Waals surface area contributed by atoms with Gasteiger partial charge in [0.25, 0.3) is 0 Å². The summed E-state index contributed by atoms with van der Waals surface area (Å²) in [5.41, 5.74) is 5.09. The topological polar surface area (TPSA) is 109 Å². The lowest BCUT2D eigenvalue weighted by atomic mass is 10.1. The van der Waals surface area contributed by atoms with Gasteiger partial charge >= 0.3 is 5.97 Å². The molecule has 0 fully saturated rings. The quantitative estimate of drug-likeness (QED) is 0.437. The lowest BCUT2D eigenvalue weighted by Crippen LogP contribution is -2.32. The van der Waals surface area contributed by atoms with E-state index in [1.54, 1.807) is 0 Å². The van der Waals surface area contributed by atoms with Crippen molar-refractivity contribution in [3.8, 4) is 0 Å². The predicted octanol–water partition coefficient (Wildman–Crippen LogP) is -1.55. The van der Waals surface area contributed by atoms with E-state index in [1.165, 1.54) is 0 Å². The highest BCUT2D eigenvalue weighted by molar-refractivity contribution is 5.86. The lowest BCUT2D eigenvalue weighted by molar-refractivity contribution is -0.138. The highest BCUT2D eigenvalue weighted by Gasteiger charge is 2.12. The fraction of sp³-hybridized carbons (Fsp3) is 0.500. The molecule has 4 N–H and O–H groups in total. The van der Waals surface area contributed by atoms with Gasteiger partial charge in [0.2, 0.25) is 12.3 Å². The average Bonchev–Trinajstić information content (AvgIpc) is 2.00. The van der Waals surface area contributed by atoms with Gasteiger partial charge in [-0.3, -0.25) is 19.7 Å². The first-order valence-corrected chi connectivity index (χ1v) is 3.29. The van der Waals surface area contributed by atoms with Gasteiger partial charge < -0.3 is 10.8 Å². The van der Waals surface area contributed by atoms with Crippen LogP contribution in [0.25, 0.3) is 0 Å². The zero-order valence-electron chi connectivity index (χ0n) is 6.32. The average molecular weight is 174 g/mol. The number of nitrogens with one attached hydrogen (secondary N) is 1. The minimum Gasteiger partial charge on any atom is -0.480 e. The van der Waals surface area contributed by atoms with Crippen LogP contribution >= 0.6 is 0 Å². The fourth-order valence-corrected chi connectivity index (χ4v) is 0.548. The van der Waals surface area contributed by atoms with Crippen molar-refractivity contribution in [3.63, 3.8) is 0 Å². The van der Waals surface area contributed by atoms with Crippen LogP contribution in [0.15, 0.2) is 0 Å². The molecular formula is C6H10N2O4. The van der Waals surface area contributed by atoms with Crippen LogP contribution in [0.3, 0.4) is 0 Å². The lowest BCUT2D eigenvalue weighted by Gasteiger charge is -2.03. The Hall–Kier alpha value is -1.43. The smallest absolute Gasteiger partial charge is 0.320 e. The van der Waals surface area contributed by atoms with Gasteiger partial charge in [-0.2, -0.15) is 0 Å². The number of aliphatic carboxylic acids is 1. The van der Waals surface area contributed by atoms with Gasteiger partial charge in [-0.1, -0.05) is 0 Å². The molecule has 1 atom stereocenters. The van der Waals surface area contributed by atoms with Gasteiger partial charge in [0.15, 0.2) is 0 Å². The number of hydrogen-bond acceptors (Lipinski definition) is 4. The Morgan fingerprint density at radius 2 is 2.17 bits per heavy atom. The highest BCUT2D eigenvalue weighted by Crippen LogP contribution is 1.93. The van der Waals surface area contributed by atoms with Gasteiger partial charge in [-0.25, -0.2) is 0 Å². The number of rotatable bonds is 5. The number of nitrogens with two attached hydrogens (primary N) is 1. The van der Waals surface area contributed by atoms with Crippen molar-refractivity contribution < 1.29 is 19.5 Å². The van der Waals surface area contributed by atoms with Crippen molar-refractivity contribution in [2.75, 3.05) is 0 Å². The largest absolute Gasteiger partial charge is 0.480 e. The molecule has 0 aliphatic rings. The molecule has 0 aliphatic carbocycles. The maximum atomic E-state index is 10.6. The number of imide groups is 1. The maximum absolute atomic E-state index is 10.6. The Labute approximate surface area is 68.7 Å². The Morgan fingerprint density at radius 1 is 1.58 bits per heavy atom. The van der Waals surface area contributed by atoms with Crippen LogP contribution in [0, 0.1) is 0 Å². The molecule has 6 nitrogen and oxygen atoms in total. The Morgan fingerprint density at radius 3 is 2.58 bits per heavy atom. The summed E-state index contributed by atoms with van der Waals surface area (Å²) in [5, 5.41) is 10.2. The summed E-state index contributed by atoms with van der Waals surface area (Å²) in [4.78, 5) is 30.4. The monoisotopic (exact) mass is 174 g/mol. The third-order valence-electron chi connectivity index (χ3n) is 1.22. The van der Waals surface area contributed by atoms with Crippen LogP contribution in [0.5, 0.6) is 0 Å². The molecule has 0 rings (SSSR count). The molecule has 0 bridgehead atoms. The predicted molar refractivity (Wildman–Crippen MR) is 39.1 cm³/mol. The molecule has 0 heterocycles. The van der Waals surface area contributed by atoms with Gasteiger partial charge in [0, 0.05) is 6.42 Å². The number of carboxylic acid groups (broad SMARTS) is 1. The van der Waals surface area contributed by atoms with Gasteiger partial charge in [0.05, 0.1) is 0 Å². The van der Waals surface area contributed by atoms with E-state index in [4.69, 9.17) is 10.8 Å². The Bertz CT molecular complexity index is 192. The van der Waals surface area contributed by atoms with Gasteiger partial charge in [-0.15, -0.1) is 0 Å². The molecule has 0 spiro atoms. The molecular weight excluding hydrogens is 164 g/mol. The number of carboxylic acids is 1. The molecule has 0 saturated heterocycles. The Balaban J connectivity index is 3.60.